The van der Waals surface area contributed by atoms with E-state index < -0.39 is 0 Å². The number of hydrogen-bond acceptors (Lipinski definition) is 2. The summed E-state index contributed by atoms with van der Waals surface area (Å²) in [4.78, 5) is 14.4. The Morgan fingerprint density at radius 2 is 1.83 bits per heavy atom. The van der Waals surface area contributed by atoms with Crippen LogP contribution in [0, 0.1) is 0 Å². The van der Waals surface area contributed by atoms with Gasteiger partial charge in [0.15, 0.2) is 0 Å². The summed E-state index contributed by atoms with van der Waals surface area (Å²) in [5.41, 5.74) is 1.05. The molecule has 0 bridgehead atoms. The molecule has 3 heteroatoms. The molecule has 0 aromatic heterocycles. The molecule has 1 atom stereocenters. The van der Waals surface area contributed by atoms with E-state index in [1.54, 1.807) is 0 Å². The van der Waals surface area contributed by atoms with E-state index in [-0.39, 0.29) is 11.9 Å². The van der Waals surface area contributed by atoms with Crippen molar-refractivity contribution in [1.82, 2.24) is 10.2 Å². The second-order valence-electron chi connectivity index (χ2n) is 5.27. The summed E-state index contributed by atoms with van der Waals surface area (Å²) in [6.45, 7) is 0. The molecule has 0 heterocycles. The minimum Gasteiger partial charge on any atom is -0.352 e. The van der Waals surface area contributed by atoms with Gasteiger partial charge < -0.3 is 5.32 Å². The van der Waals surface area contributed by atoms with Gasteiger partial charge in [0.05, 0.1) is 0 Å². The molecule has 1 amide bonds. The van der Waals surface area contributed by atoms with Crippen molar-refractivity contribution in [3.05, 3.63) is 35.9 Å². The highest BCUT2D eigenvalue weighted by atomic mass is 16.2. The minimum absolute atomic E-state index is 0.123. The van der Waals surface area contributed by atoms with Crippen LogP contribution in [-0.4, -0.2) is 30.9 Å². The lowest BCUT2D eigenvalue weighted by molar-refractivity contribution is -0.126. The number of hydrogen-bond donors (Lipinski definition) is 1. The average molecular weight is 246 g/mol. The highest BCUT2D eigenvalue weighted by molar-refractivity contribution is 5.83. The first-order valence-corrected chi connectivity index (χ1v) is 6.70. The molecule has 1 unspecified atom stereocenters. The van der Waals surface area contributed by atoms with Gasteiger partial charge in [0.1, 0.15) is 6.04 Å². The molecule has 0 saturated heterocycles. The number of nitrogens with one attached hydrogen (secondary N) is 1. The number of rotatable bonds is 4. The Balaban J connectivity index is 2.07. The molecule has 0 radical (unpaired) electrons. The van der Waals surface area contributed by atoms with Gasteiger partial charge in [-0.15, -0.1) is 0 Å². The molecule has 1 N–H and O–H groups in total. The summed E-state index contributed by atoms with van der Waals surface area (Å²) in [6.07, 6.45) is 4.73. The Hall–Kier alpha value is -1.35. The van der Waals surface area contributed by atoms with Gasteiger partial charge in [-0.05, 0) is 32.5 Å². The average Bonchev–Trinajstić information content (AvgIpc) is 2.83. The van der Waals surface area contributed by atoms with Gasteiger partial charge >= 0.3 is 0 Å². The lowest BCUT2D eigenvalue weighted by Gasteiger charge is -2.25. The predicted molar refractivity (Wildman–Crippen MR) is 73.3 cm³/mol. The Morgan fingerprint density at radius 1 is 1.22 bits per heavy atom. The van der Waals surface area contributed by atoms with Crippen LogP contribution < -0.4 is 5.32 Å². The molecule has 1 aliphatic rings. The van der Waals surface area contributed by atoms with E-state index in [0.29, 0.717) is 6.04 Å². The summed E-state index contributed by atoms with van der Waals surface area (Å²) >= 11 is 0. The van der Waals surface area contributed by atoms with Crippen LogP contribution >= 0.6 is 0 Å². The molecule has 98 valence electrons. The molecule has 0 aliphatic heterocycles. The molecule has 1 aromatic carbocycles. The molecule has 18 heavy (non-hydrogen) atoms. The van der Waals surface area contributed by atoms with E-state index in [1.165, 1.54) is 12.8 Å². The fraction of sp³-hybridized carbons (Fsp3) is 0.533. The first-order chi connectivity index (χ1) is 8.68. The zero-order valence-corrected chi connectivity index (χ0v) is 11.2. The van der Waals surface area contributed by atoms with Crippen molar-refractivity contribution in [1.29, 1.82) is 0 Å². The highest BCUT2D eigenvalue weighted by Gasteiger charge is 2.25. The molecule has 1 fully saturated rings. The molecule has 2 rings (SSSR count). The minimum atomic E-state index is -0.188. The van der Waals surface area contributed by atoms with Crippen LogP contribution in [0.2, 0.25) is 0 Å². The summed E-state index contributed by atoms with van der Waals surface area (Å²) in [5, 5.41) is 3.18. The van der Waals surface area contributed by atoms with E-state index in [1.807, 2.05) is 49.3 Å². The summed E-state index contributed by atoms with van der Waals surface area (Å²) in [7, 11) is 3.90. The lowest BCUT2D eigenvalue weighted by atomic mass is 10.0. The van der Waals surface area contributed by atoms with Crippen molar-refractivity contribution in [3.8, 4) is 0 Å². The second-order valence-corrected chi connectivity index (χ2v) is 5.27. The monoisotopic (exact) mass is 246 g/mol. The molecular formula is C15H22N2O. The zero-order chi connectivity index (χ0) is 13.0. The second kappa shape index (κ2) is 6.01. The standard InChI is InChI=1S/C15H22N2O/c1-17(2)14(12-8-4-3-5-9-12)15(18)16-13-10-6-7-11-13/h3-5,8-9,13-14H,6-7,10-11H2,1-2H3,(H,16,18). The Morgan fingerprint density at radius 3 is 2.39 bits per heavy atom. The molecule has 1 aromatic rings. The maximum Gasteiger partial charge on any atom is 0.242 e. The van der Waals surface area contributed by atoms with Gasteiger partial charge in [0, 0.05) is 6.04 Å². The van der Waals surface area contributed by atoms with Crippen molar-refractivity contribution in [2.45, 2.75) is 37.8 Å². The largest absolute Gasteiger partial charge is 0.352 e. The van der Waals surface area contributed by atoms with Crippen LogP contribution in [0.5, 0.6) is 0 Å². The number of carbonyl (C=O) groups is 1. The molecule has 1 aliphatic carbocycles. The first kappa shape index (κ1) is 13.1. The predicted octanol–water partition coefficient (Wildman–Crippen LogP) is 2.35. The summed E-state index contributed by atoms with van der Waals surface area (Å²) < 4.78 is 0. The van der Waals surface area contributed by atoms with E-state index in [0.717, 1.165) is 18.4 Å². The van der Waals surface area contributed by atoms with Crippen LogP contribution in [0.3, 0.4) is 0 Å². The topological polar surface area (TPSA) is 32.3 Å². The van der Waals surface area contributed by atoms with Crippen LogP contribution in [0.4, 0.5) is 0 Å². The van der Waals surface area contributed by atoms with Crippen molar-refractivity contribution < 1.29 is 4.79 Å². The quantitative estimate of drug-likeness (QED) is 0.884. The SMILES string of the molecule is CN(C)C(C(=O)NC1CCCC1)c1ccccc1. The van der Waals surface area contributed by atoms with Crippen LogP contribution in [0.25, 0.3) is 0 Å². The van der Waals surface area contributed by atoms with E-state index >= 15 is 0 Å². The number of carbonyl (C=O) groups excluding carboxylic acids is 1. The molecular weight excluding hydrogens is 224 g/mol. The van der Waals surface area contributed by atoms with E-state index in [4.69, 9.17) is 0 Å². The van der Waals surface area contributed by atoms with Crippen molar-refractivity contribution in [3.63, 3.8) is 0 Å². The van der Waals surface area contributed by atoms with Crippen molar-refractivity contribution in [2.75, 3.05) is 14.1 Å². The van der Waals surface area contributed by atoms with Gasteiger partial charge in [-0.2, -0.15) is 0 Å². The zero-order valence-electron chi connectivity index (χ0n) is 11.2. The third-order valence-electron chi connectivity index (χ3n) is 3.58. The fourth-order valence-corrected chi connectivity index (χ4v) is 2.67. The molecule has 1 saturated carbocycles. The van der Waals surface area contributed by atoms with E-state index in [9.17, 15) is 4.79 Å². The summed E-state index contributed by atoms with van der Waals surface area (Å²) in [6, 6.07) is 10.2. The van der Waals surface area contributed by atoms with E-state index in [2.05, 4.69) is 5.32 Å². The van der Waals surface area contributed by atoms with Gasteiger partial charge in [0.25, 0.3) is 0 Å². The van der Waals surface area contributed by atoms with Crippen LogP contribution in [0.1, 0.15) is 37.3 Å². The van der Waals surface area contributed by atoms with Gasteiger partial charge in [-0.3, -0.25) is 9.69 Å². The maximum absolute atomic E-state index is 12.4. The van der Waals surface area contributed by atoms with Crippen LogP contribution in [0.15, 0.2) is 30.3 Å². The number of benzene rings is 1. The number of nitrogens with zero attached hydrogens (tertiary/aromatic N) is 1. The lowest BCUT2D eigenvalue weighted by Crippen LogP contribution is -2.41. The highest BCUT2D eigenvalue weighted by Crippen LogP contribution is 2.21. The van der Waals surface area contributed by atoms with Gasteiger partial charge in [0.2, 0.25) is 5.91 Å². The van der Waals surface area contributed by atoms with Gasteiger partial charge in [-0.1, -0.05) is 43.2 Å². The number of amides is 1. The third kappa shape index (κ3) is 3.10. The number of likely N-dealkylation sites (N-methyl/N-ethyl adjacent to an activating group) is 1. The Bertz CT molecular complexity index is 383. The van der Waals surface area contributed by atoms with Crippen molar-refractivity contribution in [2.24, 2.45) is 0 Å². The molecule has 0 spiro atoms. The smallest absolute Gasteiger partial charge is 0.242 e. The fourth-order valence-electron chi connectivity index (χ4n) is 2.67. The maximum atomic E-state index is 12.4. The van der Waals surface area contributed by atoms with Crippen molar-refractivity contribution >= 4 is 5.91 Å². The first-order valence-electron chi connectivity index (χ1n) is 6.70. The van der Waals surface area contributed by atoms with Crippen LogP contribution in [-0.2, 0) is 4.79 Å². The Kier molecular flexibility index (Phi) is 4.37. The van der Waals surface area contributed by atoms with Gasteiger partial charge in [-0.25, -0.2) is 0 Å². The summed E-state index contributed by atoms with van der Waals surface area (Å²) in [5.74, 6) is 0.123. The Labute approximate surface area is 109 Å². The third-order valence-corrected chi connectivity index (χ3v) is 3.58. The normalized spacial score (nSPS) is 17.9. The molecule has 3 nitrogen and oxygen atoms in total.